The molecular weight excluding hydrogens is 412 g/mol. The highest BCUT2D eigenvalue weighted by Crippen LogP contribution is 2.35. The number of hydrogen-bond acceptors (Lipinski definition) is 3. The fourth-order valence-electron chi connectivity index (χ4n) is 4.49. The Morgan fingerprint density at radius 1 is 0.879 bits per heavy atom. The van der Waals surface area contributed by atoms with E-state index in [1.165, 1.54) is 5.56 Å². The van der Waals surface area contributed by atoms with E-state index in [2.05, 4.69) is 26.0 Å². The van der Waals surface area contributed by atoms with Crippen molar-refractivity contribution in [1.29, 1.82) is 0 Å². The molecule has 1 unspecified atom stereocenters. The van der Waals surface area contributed by atoms with Gasteiger partial charge in [0.15, 0.2) is 0 Å². The highest BCUT2D eigenvalue weighted by Gasteiger charge is 2.26. The van der Waals surface area contributed by atoms with Crippen LogP contribution in [0.4, 0.5) is 0 Å². The van der Waals surface area contributed by atoms with Crippen molar-refractivity contribution < 1.29 is 19.7 Å². The fourth-order valence-corrected chi connectivity index (χ4v) is 4.49. The van der Waals surface area contributed by atoms with Crippen LogP contribution in [0.5, 0.6) is 5.75 Å². The summed E-state index contributed by atoms with van der Waals surface area (Å²) in [6.45, 7) is 4.51. The third kappa shape index (κ3) is 6.35. The van der Waals surface area contributed by atoms with Gasteiger partial charge >= 0.3 is 5.97 Å². The van der Waals surface area contributed by atoms with Crippen LogP contribution in [0.1, 0.15) is 74.3 Å². The zero-order chi connectivity index (χ0) is 23.6. The lowest BCUT2D eigenvalue weighted by molar-refractivity contribution is -0.145. The summed E-state index contributed by atoms with van der Waals surface area (Å²) in [7, 11) is 0. The first-order chi connectivity index (χ1) is 16.1. The monoisotopic (exact) mass is 448 g/mol. The SMILES string of the molecule is CCCc1cc(CCCCCO)cc(CCC)c1OC(C(=O)O)c1cccc2ccccc12. The quantitative estimate of drug-likeness (QED) is 0.287. The fraction of sp³-hybridized carbons (Fsp3) is 0.414. The number of rotatable bonds is 13. The summed E-state index contributed by atoms with van der Waals surface area (Å²) in [5.41, 5.74) is 4.13. The number of fused-ring (bicyclic) bond motifs is 1. The number of hydrogen-bond donors (Lipinski definition) is 2. The molecule has 176 valence electrons. The van der Waals surface area contributed by atoms with Gasteiger partial charge in [0.25, 0.3) is 0 Å². The molecule has 0 aliphatic carbocycles. The maximum absolute atomic E-state index is 12.4. The third-order valence-electron chi connectivity index (χ3n) is 6.03. The van der Waals surface area contributed by atoms with Gasteiger partial charge in [0.05, 0.1) is 0 Å². The molecule has 0 radical (unpaired) electrons. The van der Waals surface area contributed by atoms with Crippen molar-refractivity contribution in [2.45, 2.75) is 71.3 Å². The van der Waals surface area contributed by atoms with Gasteiger partial charge < -0.3 is 14.9 Å². The normalized spacial score (nSPS) is 12.1. The van der Waals surface area contributed by atoms with Gasteiger partial charge in [-0.3, -0.25) is 0 Å². The molecule has 2 N–H and O–H groups in total. The van der Waals surface area contributed by atoms with Crippen molar-refractivity contribution in [3.63, 3.8) is 0 Å². The van der Waals surface area contributed by atoms with Crippen LogP contribution >= 0.6 is 0 Å². The Bertz CT molecular complexity index is 1020. The minimum Gasteiger partial charge on any atom is -0.478 e. The van der Waals surface area contributed by atoms with Gasteiger partial charge in [-0.05, 0) is 59.6 Å². The van der Waals surface area contributed by atoms with E-state index in [1.807, 2.05) is 42.5 Å². The lowest BCUT2D eigenvalue weighted by atomic mass is 9.95. The number of aryl methyl sites for hydroxylation is 3. The summed E-state index contributed by atoms with van der Waals surface area (Å²) in [5.74, 6) is -0.248. The minimum atomic E-state index is -1.07. The molecular formula is C29H36O4. The second kappa shape index (κ2) is 12.4. The first-order valence-corrected chi connectivity index (χ1v) is 12.2. The van der Waals surface area contributed by atoms with Crippen LogP contribution < -0.4 is 4.74 Å². The number of aliphatic hydroxyl groups is 1. The van der Waals surface area contributed by atoms with Gasteiger partial charge in [0.2, 0.25) is 6.10 Å². The molecule has 3 aromatic rings. The summed E-state index contributed by atoms with van der Waals surface area (Å²) >= 11 is 0. The summed E-state index contributed by atoms with van der Waals surface area (Å²) < 4.78 is 6.40. The van der Waals surface area contributed by atoms with Crippen LogP contribution in [0.3, 0.4) is 0 Å². The van der Waals surface area contributed by atoms with Crippen molar-refractivity contribution in [1.82, 2.24) is 0 Å². The van der Waals surface area contributed by atoms with E-state index in [1.54, 1.807) is 0 Å². The molecule has 0 amide bonds. The van der Waals surface area contributed by atoms with Crippen LogP contribution in [0.2, 0.25) is 0 Å². The van der Waals surface area contributed by atoms with E-state index < -0.39 is 12.1 Å². The van der Waals surface area contributed by atoms with E-state index in [9.17, 15) is 9.90 Å². The molecule has 0 spiro atoms. The van der Waals surface area contributed by atoms with Crippen LogP contribution in [0, 0.1) is 0 Å². The Kier molecular flexibility index (Phi) is 9.32. The van der Waals surface area contributed by atoms with E-state index in [-0.39, 0.29) is 6.61 Å². The zero-order valence-electron chi connectivity index (χ0n) is 19.8. The molecule has 3 rings (SSSR count). The molecule has 0 saturated heterocycles. The number of benzene rings is 3. The predicted molar refractivity (Wildman–Crippen MR) is 134 cm³/mol. The molecule has 3 aromatic carbocycles. The van der Waals surface area contributed by atoms with Gasteiger partial charge in [-0.1, -0.05) is 87.7 Å². The van der Waals surface area contributed by atoms with Gasteiger partial charge in [-0.15, -0.1) is 0 Å². The summed E-state index contributed by atoms with van der Waals surface area (Å²) in [6.07, 6.45) is 6.36. The number of carboxylic acid groups (broad SMARTS) is 1. The van der Waals surface area contributed by atoms with Gasteiger partial charge in [0.1, 0.15) is 5.75 Å². The topological polar surface area (TPSA) is 66.8 Å². The maximum atomic E-state index is 12.4. The Hall–Kier alpha value is -2.85. The van der Waals surface area contributed by atoms with Crippen molar-refractivity contribution in [3.05, 3.63) is 76.9 Å². The standard InChI is InChI=1S/C29H36O4/c1-3-11-23-19-21(13-6-5-9-18-30)20-24(12-4-2)27(23)33-28(29(31)32)26-17-10-15-22-14-7-8-16-25(22)26/h7-8,10,14-17,19-20,28,30H,3-6,9,11-13,18H2,1-2H3,(H,31,32). The highest BCUT2D eigenvalue weighted by atomic mass is 16.5. The highest BCUT2D eigenvalue weighted by molar-refractivity contribution is 5.90. The Morgan fingerprint density at radius 2 is 1.55 bits per heavy atom. The maximum Gasteiger partial charge on any atom is 0.349 e. The van der Waals surface area contributed by atoms with E-state index in [4.69, 9.17) is 9.84 Å². The van der Waals surface area contributed by atoms with Crippen LogP contribution in [-0.4, -0.2) is 22.8 Å². The molecule has 0 saturated carbocycles. The molecule has 4 heteroatoms. The van der Waals surface area contributed by atoms with E-state index >= 15 is 0 Å². The average molecular weight is 449 g/mol. The molecule has 33 heavy (non-hydrogen) atoms. The number of aliphatic carboxylic acids is 1. The first kappa shape index (κ1) is 24.8. The number of carboxylic acids is 1. The molecule has 0 aliphatic heterocycles. The summed E-state index contributed by atoms with van der Waals surface area (Å²) in [4.78, 5) is 12.4. The van der Waals surface area contributed by atoms with Gasteiger partial charge in [-0.25, -0.2) is 4.79 Å². The zero-order valence-corrected chi connectivity index (χ0v) is 19.8. The third-order valence-corrected chi connectivity index (χ3v) is 6.03. The molecule has 0 aromatic heterocycles. The van der Waals surface area contributed by atoms with E-state index in [0.29, 0.717) is 5.56 Å². The van der Waals surface area contributed by atoms with Crippen molar-refractivity contribution >= 4 is 16.7 Å². The molecule has 0 bridgehead atoms. The van der Waals surface area contributed by atoms with Crippen molar-refractivity contribution in [3.8, 4) is 5.75 Å². The Morgan fingerprint density at radius 3 is 2.18 bits per heavy atom. The van der Waals surface area contributed by atoms with E-state index in [0.717, 1.165) is 79.0 Å². The van der Waals surface area contributed by atoms with Crippen LogP contribution in [0.15, 0.2) is 54.6 Å². The molecule has 0 heterocycles. The number of carbonyl (C=O) groups is 1. The lowest BCUT2D eigenvalue weighted by Gasteiger charge is -2.23. The second-order valence-corrected chi connectivity index (χ2v) is 8.68. The van der Waals surface area contributed by atoms with Gasteiger partial charge in [-0.2, -0.15) is 0 Å². The largest absolute Gasteiger partial charge is 0.478 e. The Balaban J connectivity index is 2.01. The average Bonchev–Trinajstić information content (AvgIpc) is 2.81. The molecule has 4 nitrogen and oxygen atoms in total. The molecule has 0 fully saturated rings. The lowest BCUT2D eigenvalue weighted by Crippen LogP contribution is -2.20. The predicted octanol–water partition coefficient (Wildman–Crippen LogP) is 6.65. The van der Waals surface area contributed by atoms with Crippen LogP contribution in [-0.2, 0) is 24.1 Å². The smallest absolute Gasteiger partial charge is 0.349 e. The minimum absolute atomic E-state index is 0.236. The molecule has 0 aliphatic rings. The number of unbranched alkanes of at least 4 members (excludes halogenated alkanes) is 2. The summed E-state index contributed by atoms with van der Waals surface area (Å²) in [5, 5.41) is 21.1. The second-order valence-electron chi connectivity index (χ2n) is 8.68. The number of ether oxygens (including phenoxy) is 1. The van der Waals surface area contributed by atoms with Crippen LogP contribution in [0.25, 0.3) is 10.8 Å². The van der Waals surface area contributed by atoms with Crippen molar-refractivity contribution in [2.24, 2.45) is 0 Å². The van der Waals surface area contributed by atoms with Gasteiger partial charge in [0, 0.05) is 12.2 Å². The number of aliphatic hydroxyl groups excluding tert-OH is 1. The summed E-state index contributed by atoms with van der Waals surface area (Å²) in [6, 6.07) is 18.0. The Labute approximate surface area is 197 Å². The first-order valence-electron chi connectivity index (χ1n) is 12.2. The van der Waals surface area contributed by atoms with Crippen molar-refractivity contribution in [2.75, 3.05) is 6.61 Å². The molecule has 1 atom stereocenters.